The van der Waals surface area contributed by atoms with Crippen molar-refractivity contribution in [2.75, 3.05) is 63.5 Å². The van der Waals surface area contributed by atoms with Gasteiger partial charge in [-0.1, -0.05) is 86.6 Å². The lowest BCUT2D eigenvalue weighted by atomic mass is 9.90. The van der Waals surface area contributed by atoms with Gasteiger partial charge in [0.25, 0.3) is 47.8 Å². The highest BCUT2D eigenvalue weighted by Crippen LogP contribution is 2.45. The van der Waals surface area contributed by atoms with Crippen LogP contribution in [0.1, 0.15) is 229 Å². The summed E-state index contributed by atoms with van der Waals surface area (Å²) in [5.74, 6) is 1.30. The van der Waals surface area contributed by atoms with Gasteiger partial charge in [0.05, 0.1) is 42.1 Å². The van der Waals surface area contributed by atoms with E-state index in [0.717, 1.165) is 75.0 Å². The lowest BCUT2D eigenvalue weighted by Gasteiger charge is -2.34. The van der Waals surface area contributed by atoms with Gasteiger partial charge in [0, 0.05) is 87.7 Å². The molecular weight excluding hydrogens is 1490 g/mol. The van der Waals surface area contributed by atoms with Crippen LogP contribution in [0, 0.1) is 17.8 Å². The second kappa shape index (κ2) is 33.5. The Balaban J connectivity index is 0.000000178. The highest BCUT2D eigenvalue weighted by Gasteiger charge is 2.46. The summed E-state index contributed by atoms with van der Waals surface area (Å²) < 4.78 is 85.8. The summed E-state index contributed by atoms with van der Waals surface area (Å²) in [5.41, 5.74) is 1.44. The quantitative estimate of drug-likeness (QED) is 0.0633. The van der Waals surface area contributed by atoms with Gasteiger partial charge in [-0.3, -0.25) is 14.4 Å². The predicted octanol–water partition coefficient (Wildman–Crippen LogP) is 10.3. The standard InChI is InChI=1S/2C27H39N5O5S.C27H37N5O3S/c2*1-26(2,3)21-12-11-20-24(29-21)32-15-17(14-27(32,4)5)9-10-18(13-19(34)16-33)28-22-7-6-8-23(30-22)38(36,37)31-25(20)35;1-7-9-19-13-12-18-16-27(5,6)32(17-18)24-20(14-15-21(29-24)26(2,3)4)25(33)31-36(34,35)23-11-8-10-22(28-19)30-23/h2*6-8,11-12,17-19,33-34H,9-10,13-16H2,1-5H3,(H,28,30)(H,31,35);7-8,10-11,14-15,18-19H,1,9,12-13,16-17H2,2-6H3,(H,28,30)(H,31,33)/t2*17-,18?,19?;18-,19?/m000/s1. The highest BCUT2D eigenvalue weighted by atomic mass is 32.2. The van der Waals surface area contributed by atoms with Gasteiger partial charge in [-0.15, -0.1) is 6.58 Å². The second-order valence-corrected chi connectivity index (χ2v) is 40.6. The van der Waals surface area contributed by atoms with Crippen LogP contribution in [-0.2, 0) is 46.3 Å². The van der Waals surface area contributed by atoms with Crippen molar-refractivity contribution in [3.05, 3.63) is 137 Å². The molecule has 6 aromatic heterocycles. The molecule has 31 heteroatoms. The molecule has 0 radical (unpaired) electrons. The maximum absolute atomic E-state index is 13.5. The van der Waals surface area contributed by atoms with Gasteiger partial charge in [-0.2, -0.15) is 25.3 Å². The third-order valence-electron chi connectivity index (χ3n) is 21.8. The summed E-state index contributed by atoms with van der Waals surface area (Å²) in [4.78, 5) is 74.3. The molecule has 6 aliphatic rings. The van der Waals surface area contributed by atoms with Gasteiger partial charge in [0.1, 0.15) is 34.9 Å². The number of rotatable bonds is 8. The Morgan fingerprint density at radius 1 is 0.438 bits per heavy atom. The molecule has 8 atom stereocenters. The minimum Gasteiger partial charge on any atom is -0.394 e. The Labute approximate surface area is 660 Å². The van der Waals surface area contributed by atoms with E-state index in [1.807, 2.05) is 53.7 Å². The summed E-state index contributed by atoms with van der Waals surface area (Å²) in [5, 5.41) is 48.2. The molecule has 0 aliphatic carbocycles. The van der Waals surface area contributed by atoms with Crippen LogP contribution in [0.3, 0.4) is 0 Å². The van der Waals surface area contributed by atoms with Crippen LogP contribution in [0.2, 0.25) is 0 Å². The first-order valence-electron chi connectivity index (χ1n) is 38.7. The normalized spacial score (nSPS) is 23.7. The number of aliphatic hydroxyl groups is 4. The smallest absolute Gasteiger partial charge is 0.281 e. The Bertz CT molecular complexity index is 4590. The summed E-state index contributed by atoms with van der Waals surface area (Å²) >= 11 is 0. The number of anilines is 6. The minimum atomic E-state index is -4.28. The van der Waals surface area contributed by atoms with Crippen molar-refractivity contribution in [2.24, 2.45) is 17.8 Å². The number of fused-ring (bicyclic) bond motifs is 18. The Morgan fingerprint density at radius 3 is 0.982 bits per heavy atom. The molecule has 5 unspecified atom stereocenters. The maximum atomic E-state index is 13.5. The minimum absolute atomic E-state index is 0.0720. The van der Waals surface area contributed by atoms with Crippen molar-refractivity contribution in [1.82, 2.24) is 44.1 Å². The van der Waals surface area contributed by atoms with E-state index >= 15 is 0 Å². The van der Waals surface area contributed by atoms with Crippen LogP contribution in [0.15, 0.2) is 119 Å². The molecule has 112 heavy (non-hydrogen) atoms. The number of nitrogens with zero attached hydrogens (tertiary/aromatic N) is 9. The third kappa shape index (κ3) is 20.7. The molecule has 6 aliphatic heterocycles. The van der Waals surface area contributed by atoms with Crippen molar-refractivity contribution in [3.8, 4) is 0 Å². The maximum Gasteiger partial charge on any atom is 0.281 e. The average Bonchev–Trinajstić information content (AvgIpc) is 1.56. The zero-order valence-corrected chi connectivity index (χ0v) is 69.7. The van der Waals surface area contributed by atoms with Gasteiger partial charge < -0.3 is 51.1 Å². The Morgan fingerprint density at radius 2 is 0.714 bits per heavy atom. The van der Waals surface area contributed by atoms with Crippen LogP contribution in [-0.4, -0.2) is 173 Å². The first kappa shape index (κ1) is 86.0. The van der Waals surface area contributed by atoms with E-state index in [9.17, 15) is 60.1 Å². The average molecular weight is 1600 g/mol. The fourth-order valence-corrected chi connectivity index (χ4v) is 18.7. The number of aromatic nitrogens is 6. The fourth-order valence-electron chi connectivity index (χ4n) is 15.9. The Hall–Kier alpha value is -8.46. The molecule has 3 amide bonds. The monoisotopic (exact) mass is 1600 g/mol. The molecule has 6 aromatic rings. The Kier molecular flexibility index (Phi) is 25.7. The second-order valence-electron chi connectivity index (χ2n) is 35.7. The molecule has 12 bridgehead atoms. The highest BCUT2D eigenvalue weighted by molar-refractivity contribution is 7.90. The summed E-state index contributed by atoms with van der Waals surface area (Å²) in [6, 6.07) is 23.8. The molecular formula is C81H115N15O13S3. The molecule has 28 nitrogen and oxygen atoms in total. The number of hydrogen-bond donors (Lipinski definition) is 10. The third-order valence-corrected chi connectivity index (χ3v) is 25.5. The zero-order chi connectivity index (χ0) is 82.1. The lowest BCUT2D eigenvalue weighted by Crippen LogP contribution is -2.41. The van der Waals surface area contributed by atoms with E-state index in [0.29, 0.717) is 66.8 Å². The van der Waals surface area contributed by atoms with E-state index in [-0.39, 0.29) is 121 Å². The fraction of sp³-hybridized carbons (Fsp3) is 0.568. The molecule has 3 saturated heterocycles. The largest absolute Gasteiger partial charge is 0.394 e. The van der Waals surface area contributed by atoms with Gasteiger partial charge in [0.2, 0.25) is 0 Å². The van der Waals surface area contributed by atoms with Crippen LogP contribution in [0.4, 0.5) is 34.9 Å². The molecule has 610 valence electrons. The number of hydrogen-bond acceptors (Lipinski definition) is 25. The van der Waals surface area contributed by atoms with E-state index in [1.165, 1.54) is 18.2 Å². The van der Waals surface area contributed by atoms with Crippen LogP contribution >= 0.6 is 0 Å². The number of carbonyl (C=O) groups excluding carboxylic acids is 3. The SMILES string of the molecule is C=CCC1CC[C@@H]2CN(c3nc(C(C)(C)C)ccc3C(=O)NS(=O)(=O)c3cccc(n3)N1)C(C)(C)C2.CC(C)(C)c1ccc2c(n1)N1C[C@@H](CCC(CC(O)CO)Nc3cccc(n3)S(=O)(=O)NC2=O)CC1(C)C.CC(C)(C)c1ccc2c(n1)N1C[C@@H](CCC(CC(O)CO)Nc3cccc(n3)S(=O)(=O)NC2=O)CC1(C)C. The van der Waals surface area contributed by atoms with Crippen molar-refractivity contribution in [2.45, 2.75) is 259 Å². The lowest BCUT2D eigenvalue weighted by molar-refractivity contribution is 0.0829. The van der Waals surface area contributed by atoms with Crippen LogP contribution in [0.25, 0.3) is 0 Å². The van der Waals surface area contributed by atoms with Crippen molar-refractivity contribution in [3.63, 3.8) is 0 Å². The molecule has 12 rings (SSSR count). The number of pyridine rings is 6. The van der Waals surface area contributed by atoms with E-state index in [1.54, 1.807) is 66.7 Å². The number of nitrogens with one attached hydrogen (secondary N) is 6. The van der Waals surface area contributed by atoms with Crippen LogP contribution < -0.4 is 44.8 Å². The molecule has 0 aromatic carbocycles. The number of carbonyl (C=O) groups is 3. The van der Waals surface area contributed by atoms with E-state index in [4.69, 9.17) is 15.0 Å². The summed E-state index contributed by atoms with van der Waals surface area (Å²) in [6.45, 7) is 36.5. The number of amides is 3. The summed E-state index contributed by atoms with van der Waals surface area (Å²) in [6.07, 6.45) is 8.89. The van der Waals surface area contributed by atoms with E-state index in [2.05, 4.69) is 129 Å². The van der Waals surface area contributed by atoms with Gasteiger partial charge >= 0.3 is 0 Å². The predicted molar refractivity (Wildman–Crippen MR) is 434 cm³/mol. The molecule has 3 fully saturated rings. The molecule has 10 N–H and O–H groups in total. The number of aliphatic hydroxyl groups excluding tert-OH is 4. The van der Waals surface area contributed by atoms with Gasteiger partial charge in [-0.05, 0) is 209 Å². The summed E-state index contributed by atoms with van der Waals surface area (Å²) in [7, 11) is -12.8. The first-order chi connectivity index (χ1) is 52.2. The zero-order valence-electron chi connectivity index (χ0n) is 67.3. The molecule has 0 spiro atoms. The van der Waals surface area contributed by atoms with E-state index < -0.39 is 60.0 Å². The topological polar surface area (TPSA) is 394 Å². The first-order valence-corrected chi connectivity index (χ1v) is 43.1. The van der Waals surface area contributed by atoms with Crippen molar-refractivity contribution in [1.29, 1.82) is 0 Å². The van der Waals surface area contributed by atoms with Crippen molar-refractivity contribution >= 4 is 82.7 Å². The van der Waals surface area contributed by atoms with Crippen molar-refractivity contribution < 1.29 is 60.1 Å². The molecule has 0 saturated carbocycles. The van der Waals surface area contributed by atoms with Gasteiger partial charge in [0.15, 0.2) is 15.1 Å². The van der Waals surface area contributed by atoms with Crippen LogP contribution in [0.5, 0.6) is 0 Å². The molecule has 12 heterocycles. The van der Waals surface area contributed by atoms with Gasteiger partial charge in [-0.25, -0.2) is 44.1 Å². The number of sulfonamides is 3.